The van der Waals surface area contributed by atoms with Crippen molar-refractivity contribution in [3.63, 3.8) is 0 Å². The molecular formula is C20H25F2N3O2. The van der Waals surface area contributed by atoms with Gasteiger partial charge in [0.15, 0.2) is 0 Å². The number of piperidine rings is 1. The van der Waals surface area contributed by atoms with Crippen LogP contribution in [0.15, 0.2) is 23.0 Å². The molecule has 146 valence electrons. The summed E-state index contributed by atoms with van der Waals surface area (Å²) in [5, 5.41) is 6.60. The number of carbonyl (C=O) groups excluding carboxylic acids is 1. The van der Waals surface area contributed by atoms with Crippen LogP contribution in [0.5, 0.6) is 0 Å². The fraction of sp³-hybridized carbons (Fsp3) is 0.500. The zero-order valence-electron chi connectivity index (χ0n) is 15.7. The van der Waals surface area contributed by atoms with Crippen molar-refractivity contribution in [2.75, 3.05) is 6.54 Å². The lowest BCUT2D eigenvalue weighted by atomic mass is 9.89. The number of carbonyl (C=O) groups is 1. The molecular weight excluding hydrogens is 352 g/mol. The van der Waals surface area contributed by atoms with Crippen LogP contribution < -0.4 is 16.2 Å². The minimum absolute atomic E-state index is 0.0129. The molecule has 1 aliphatic heterocycles. The zero-order valence-corrected chi connectivity index (χ0v) is 15.7. The number of benzene rings is 1. The Morgan fingerprint density at radius 2 is 2.15 bits per heavy atom. The monoisotopic (exact) mass is 377 g/mol. The van der Waals surface area contributed by atoms with E-state index in [0.717, 1.165) is 0 Å². The van der Waals surface area contributed by atoms with Crippen molar-refractivity contribution in [2.24, 2.45) is 5.92 Å². The van der Waals surface area contributed by atoms with E-state index in [9.17, 15) is 18.4 Å². The number of aryl methyl sites for hydroxylation is 1. The van der Waals surface area contributed by atoms with Crippen molar-refractivity contribution in [2.45, 2.75) is 51.9 Å². The lowest BCUT2D eigenvalue weighted by Crippen LogP contribution is -2.54. The standard InChI is InChI=1S/C20H25F2N3O2/c1-10-6-18(23-9-16(10)22)12(3)24-19(26)8-15-11(2)14-7-13(21)4-5-17(14)25-20(15)27/h4-5,7,10,12,16,18,23H,6,8-9H2,1-3H3,(H,24,26)(H,25,27)/t10?,12-,16?,18?/m1/s1. The molecule has 1 fully saturated rings. The Hall–Kier alpha value is -2.28. The van der Waals surface area contributed by atoms with Gasteiger partial charge in [0.05, 0.1) is 6.42 Å². The molecule has 2 heterocycles. The SMILES string of the molecule is Cc1c(CC(=O)N[C@H](C)C2CC(C)C(F)CN2)c(=O)[nH]c2ccc(F)cc12. The molecule has 0 saturated carbocycles. The first-order valence-electron chi connectivity index (χ1n) is 9.24. The van der Waals surface area contributed by atoms with Crippen LogP contribution in [0.25, 0.3) is 10.9 Å². The van der Waals surface area contributed by atoms with E-state index in [0.29, 0.717) is 28.5 Å². The number of rotatable bonds is 4. The molecule has 3 N–H and O–H groups in total. The van der Waals surface area contributed by atoms with Gasteiger partial charge in [0, 0.05) is 35.1 Å². The minimum Gasteiger partial charge on any atom is -0.352 e. The number of amides is 1. The number of hydrogen-bond donors (Lipinski definition) is 3. The van der Waals surface area contributed by atoms with E-state index in [-0.39, 0.29) is 42.4 Å². The molecule has 3 rings (SSSR count). The average molecular weight is 377 g/mol. The first-order valence-corrected chi connectivity index (χ1v) is 9.24. The summed E-state index contributed by atoms with van der Waals surface area (Å²) in [6, 6.07) is 3.95. The van der Waals surface area contributed by atoms with Crippen molar-refractivity contribution < 1.29 is 13.6 Å². The quantitative estimate of drug-likeness (QED) is 0.766. The minimum atomic E-state index is -0.872. The summed E-state index contributed by atoms with van der Waals surface area (Å²) < 4.78 is 27.1. The van der Waals surface area contributed by atoms with Gasteiger partial charge in [-0.15, -0.1) is 0 Å². The van der Waals surface area contributed by atoms with Gasteiger partial charge in [0.1, 0.15) is 12.0 Å². The molecule has 1 aromatic carbocycles. The maximum Gasteiger partial charge on any atom is 0.252 e. The molecule has 0 aliphatic carbocycles. The highest BCUT2D eigenvalue weighted by molar-refractivity contribution is 5.85. The second-order valence-electron chi connectivity index (χ2n) is 7.52. The van der Waals surface area contributed by atoms with Gasteiger partial charge >= 0.3 is 0 Å². The summed E-state index contributed by atoms with van der Waals surface area (Å²) in [6.07, 6.45) is -0.327. The lowest BCUT2D eigenvalue weighted by molar-refractivity contribution is -0.121. The van der Waals surface area contributed by atoms with Crippen molar-refractivity contribution in [3.8, 4) is 0 Å². The van der Waals surface area contributed by atoms with Crippen LogP contribution in [-0.2, 0) is 11.2 Å². The van der Waals surface area contributed by atoms with E-state index in [1.165, 1.54) is 18.2 Å². The normalized spacial score (nSPS) is 24.0. The Morgan fingerprint density at radius 1 is 1.41 bits per heavy atom. The van der Waals surface area contributed by atoms with Gasteiger partial charge in [0.2, 0.25) is 5.91 Å². The molecule has 0 bridgehead atoms. The van der Waals surface area contributed by atoms with Crippen LogP contribution in [0.1, 0.15) is 31.4 Å². The Kier molecular flexibility index (Phi) is 5.60. The Balaban J connectivity index is 1.73. The van der Waals surface area contributed by atoms with Crippen LogP contribution in [0.2, 0.25) is 0 Å². The molecule has 5 nitrogen and oxygen atoms in total. The lowest BCUT2D eigenvalue weighted by Gasteiger charge is -2.35. The number of H-pyrrole nitrogens is 1. The summed E-state index contributed by atoms with van der Waals surface area (Å²) in [5.41, 5.74) is 1.11. The van der Waals surface area contributed by atoms with Crippen molar-refractivity contribution in [3.05, 3.63) is 45.5 Å². The van der Waals surface area contributed by atoms with Crippen LogP contribution in [0, 0.1) is 18.7 Å². The number of aromatic nitrogens is 1. The maximum atomic E-state index is 13.6. The molecule has 2 aromatic rings. The van der Waals surface area contributed by atoms with Crippen molar-refractivity contribution in [1.82, 2.24) is 15.6 Å². The molecule has 1 aromatic heterocycles. The smallest absolute Gasteiger partial charge is 0.252 e. The first kappa shape index (κ1) is 19.5. The van der Waals surface area contributed by atoms with E-state index in [4.69, 9.17) is 0 Å². The molecule has 0 spiro atoms. The molecule has 3 unspecified atom stereocenters. The number of nitrogens with one attached hydrogen (secondary N) is 3. The highest BCUT2D eigenvalue weighted by Gasteiger charge is 2.30. The molecule has 1 aliphatic rings. The molecule has 1 saturated heterocycles. The second kappa shape index (κ2) is 7.76. The van der Waals surface area contributed by atoms with Crippen molar-refractivity contribution in [1.29, 1.82) is 0 Å². The fourth-order valence-corrected chi connectivity index (χ4v) is 3.72. The van der Waals surface area contributed by atoms with E-state index < -0.39 is 12.0 Å². The Bertz CT molecular complexity index is 912. The molecule has 7 heteroatoms. The van der Waals surface area contributed by atoms with E-state index in [1.807, 2.05) is 13.8 Å². The fourth-order valence-electron chi connectivity index (χ4n) is 3.72. The Labute approximate surface area is 156 Å². The number of aromatic amines is 1. The van der Waals surface area contributed by atoms with Gasteiger partial charge in [-0.25, -0.2) is 8.78 Å². The number of pyridine rings is 1. The summed E-state index contributed by atoms with van der Waals surface area (Å²) in [6.45, 7) is 5.73. The van der Waals surface area contributed by atoms with Crippen molar-refractivity contribution >= 4 is 16.8 Å². The van der Waals surface area contributed by atoms with Gasteiger partial charge < -0.3 is 15.6 Å². The van der Waals surface area contributed by atoms with Gasteiger partial charge in [-0.05, 0) is 49.9 Å². The molecule has 1 amide bonds. The third-order valence-corrected chi connectivity index (χ3v) is 5.51. The molecule has 27 heavy (non-hydrogen) atoms. The summed E-state index contributed by atoms with van der Waals surface area (Å²) in [7, 11) is 0. The van der Waals surface area contributed by atoms with Gasteiger partial charge in [-0.1, -0.05) is 6.92 Å². The Morgan fingerprint density at radius 3 is 2.85 bits per heavy atom. The summed E-state index contributed by atoms with van der Waals surface area (Å²) in [4.78, 5) is 27.5. The second-order valence-corrected chi connectivity index (χ2v) is 7.52. The number of halogens is 2. The molecule has 4 atom stereocenters. The van der Waals surface area contributed by atoms with Crippen LogP contribution in [-0.4, -0.2) is 35.7 Å². The predicted octanol–water partition coefficient (Wildman–Crippen LogP) is 2.36. The van der Waals surface area contributed by atoms with E-state index in [2.05, 4.69) is 15.6 Å². The third-order valence-electron chi connectivity index (χ3n) is 5.51. The van der Waals surface area contributed by atoms with E-state index in [1.54, 1.807) is 6.92 Å². The van der Waals surface area contributed by atoms with Gasteiger partial charge in [0.25, 0.3) is 5.56 Å². The van der Waals surface area contributed by atoms with Gasteiger partial charge in [-0.3, -0.25) is 9.59 Å². The summed E-state index contributed by atoms with van der Waals surface area (Å²) in [5.74, 6) is -0.745. The maximum absolute atomic E-state index is 13.6. The highest BCUT2D eigenvalue weighted by Crippen LogP contribution is 2.21. The number of alkyl halides is 1. The zero-order chi connectivity index (χ0) is 19.7. The third kappa shape index (κ3) is 4.18. The topological polar surface area (TPSA) is 74.0 Å². The van der Waals surface area contributed by atoms with Crippen LogP contribution in [0.4, 0.5) is 8.78 Å². The van der Waals surface area contributed by atoms with Crippen LogP contribution in [0.3, 0.4) is 0 Å². The number of hydrogen-bond acceptors (Lipinski definition) is 3. The summed E-state index contributed by atoms with van der Waals surface area (Å²) >= 11 is 0. The molecule has 0 radical (unpaired) electrons. The van der Waals surface area contributed by atoms with E-state index >= 15 is 0 Å². The average Bonchev–Trinajstić information content (AvgIpc) is 2.61. The highest BCUT2D eigenvalue weighted by atomic mass is 19.1. The largest absolute Gasteiger partial charge is 0.352 e. The first-order chi connectivity index (χ1) is 12.8. The van der Waals surface area contributed by atoms with Gasteiger partial charge in [-0.2, -0.15) is 0 Å². The number of fused-ring (bicyclic) bond motifs is 1. The van der Waals surface area contributed by atoms with Crippen LogP contribution >= 0.6 is 0 Å². The predicted molar refractivity (Wildman–Crippen MR) is 101 cm³/mol.